The van der Waals surface area contributed by atoms with E-state index >= 15 is 0 Å². The fourth-order valence-electron chi connectivity index (χ4n) is 1.88. The summed E-state index contributed by atoms with van der Waals surface area (Å²) in [4.78, 5) is 5.13. The third-order valence-corrected chi connectivity index (χ3v) is 2.55. The maximum absolute atomic E-state index is 9.65. The minimum Gasteiger partial charge on any atom is -0.393 e. The van der Waals surface area contributed by atoms with Crippen LogP contribution in [0.2, 0.25) is 0 Å². The van der Waals surface area contributed by atoms with Crippen LogP contribution in [-0.4, -0.2) is 64.7 Å². The molecule has 2 saturated heterocycles. The highest BCUT2D eigenvalue weighted by Gasteiger charge is 2.59. The summed E-state index contributed by atoms with van der Waals surface area (Å²) >= 11 is 0. The summed E-state index contributed by atoms with van der Waals surface area (Å²) in [7, 11) is 1.66. The molecule has 2 aliphatic rings. The molecule has 2 rings (SSSR count). The monoisotopic (exact) mass is 191 g/mol. The summed E-state index contributed by atoms with van der Waals surface area (Å²) in [6.45, 7) is -0.104. The van der Waals surface area contributed by atoms with Gasteiger partial charge < -0.3 is 20.1 Å². The zero-order valence-electron chi connectivity index (χ0n) is 7.25. The van der Waals surface area contributed by atoms with Crippen LogP contribution in [0.15, 0.2) is 0 Å². The largest absolute Gasteiger partial charge is 0.393 e. The van der Waals surface area contributed by atoms with Gasteiger partial charge in [0.15, 0.2) is 12.4 Å². The highest BCUT2D eigenvalue weighted by Crippen LogP contribution is 2.36. The van der Waals surface area contributed by atoms with Crippen molar-refractivity contribution in [2.45, 2.75) is 24.1 Å². The van der Waals surface area contributed by atoms with Crippen LogP contribution in [0.4, 0.5) is 0 Å². The molecule has 0 aromatic heterocycles. The van der Waals surface area contributed by atoms with Crippen LogP contribution >= 0.6 is 0 Å². The van der Waals surface area contributed by atoms with Crippen LogP contribution in [0, 0.1) is 0 Å². The molecule has 2 aliphatic heterocycles. The average Bonchev–Trinajstić information content (AvgIpc) is 2.26. The first-order chi connectivity index (χ1) is 6.09. The Balaban J connectivity index is 2.26. The van der Waals surface area contributed by atoms with Crippen LogP contribution in [0.1, 0.15) is 0 Å². The topological polar surface area (TPSA) is 82.4 Å². The van der Waals surface area contributed by atoms with E-state index in [1.807, 2.05) is 0 Å². The number of hydrogen-bond donors (Lipinski definition) is 3. The molecule has 2 fully saturated rings. The van der Waals surface area contributed by atoms with Gasteiger partial charge in [0.2, 0.25) is 0 Å². The van der Waals surface area contributed by atoms with Gasteiger partial charge in [-0.1, -0.05) is 0 Å². The predicted octanol–water partition coefficient (Wildman–Crippen LogP) is -2.33. The molecule has 3 unspecified atom stereocenters. The second-order valence-corrected chi connectivity index (χ2v) is 3.53. The average molecular weight is 191 g/mol. The van der Waals surface area contributed by atoms with Gasteiger partial charge in [-0.3, -0.25) is 4.84 Å². The molecule has 4 atom stereocenters. The third kappa shape index (κ3) is 1.18. The lowest BCUT2D eigenvalue weighted by atomic mass is 9.95. The zero-order chi connectivity index (χ0) is 9.64. The smallest absolute Gasteiger partial charge is 0.186 e. The minimum atomic E-state index is -1.17. The molecule has 0 amide bonds. The molecule has 0 radical (unpaired) electrons. The van der Waals surface area contributed by atoms with E-state index in [-0.39, 0.29) is 13.2 Å². The van der Waals surface area contributed by atoms with Crippen LogP contribution < -0.4 is 0 Å². The lowest BCUT2D eigenvalue weighted by Gasteiger charge is -2.38. The number of likely N-dealkylation sites (N-methyl/N-ethyl adjacent to an activating group) is 1. The van der Waals surface area contributed by atoms with Crippen LogP contribution in [0.5, 0.6) is 0 Å². The molecule has 2 bridgehead atoms. The van der Waals surface area contributed by atoms with Crippen molar-refractivity contribution in [2.24, 2.45) is 0 Å². The van der Waals surface area contributed by atoms with Gasteiger partial charge in [-0.15, -0.1) is 0 Å². The Morgan fingerprint density at radius 2 is 2.23 bits per heavy atom. The Kier molecular flexibility index (Phi) is 2.06. The maximum atomic E-state index is 9.65. The number of aliphatic hydroxyl groups is 3. The van der Waals surface area contributed by atoms with Gasteiger partial charge in [0, 0.05) is 7.05 Å². The molecule has 0 aliphatic carbocycles. The van der Waals surface area contributed by atoms with Crippen LogP contribution in [-0.2, 0) is 9.57 Å². The van der Waals surface area contributed by atoms with Gasteiger partial charge in [0.1, 0.15) is 11.7 Å². The van der Waals surface area contributed by atoms with E-state index < -0.39 is 24.1 Å². The number of fused-ring (bicyclic) bond motifs is 2. The Labute approximate surface area is 75.2 Å². The molecule has 13 heavy (non-hydrogen) atoms. The van der Waals surface area contributed by atoms with Gasteiger partial charge in [-0.2, -0.15) is 5.06 Å². The molecule has 0 spiro atoms. The summed E-state index contributed by atoms with van der Waals surface area (Å²) in [5.41, 5.74) is -1.10. The highest BCUT2D eigenvalue weighted by atomic mass is 16.8. The van der Waals surface area contributed by atoms with Crippen molar-refractivity contribution in [3.63, 3.8) is 0 Å². The fraction of sp³-hybridized carbons (Fsp3) is 1.00. The molecular formula is C7H13NO5. The van der Waals surface area contributed by atoms with Crippen molar-refractivity contribution in [1.29, 1.82) is 0 Å². The normalized spacial score (nSPS) is 51.2. The second-order valence-electron chi connectivity index (χ2n) is 3.53. The maximum Gasteiger partial charge on any atom is 0.186 e. The summed E-state index contributed by atoms with van der Waals surface area (Å²) < 4.78 is 5.09. The SMILES string of the molecule is CN1C[C@]2(CO)OC(O)C(O1)C2O. The summed E-state index contributed by atoms with van der Waals surface area (Å²) in [6.07, 6.45) is -2.96. The first-order valence-corrected chi connectivity index (χ1v) is 4.12. The molecule has 2 heterocycles. The summed E-state index contributed by atoms with van der Waals surface area (Å²) in [6, 6.07) is 0. The van der Waals surface area contributed by atoms with Crippen molar-refractivity contribution in [1.82, 2.24) is 5.06 Å². The van der Waals surface area contributed by atoms with Crippen LogP contribution in [0.3, 0.4) is 0 Å². The molecule has 6 nitrogen and oxygen atoms in total. The van der Waals surface area contributed by atoms with Crippen molar-refractivity contribution in [3.8, 4) is 0 Å². The van der Waals surface area contributed by atoms with E-state index in [0.717, 1.165) is 0 Å². The number of rotatable bonds is 1. The lowest BCUT2D eigenvalue weighted by molar-refractivity contribution is -0.259. The first-order valence-electron chi connectivity index (χ1n) is 4.12. The van der Waals surface area contributed by atoms with Crippen LogP contribution in [0.25, 0.3) is 0 Å². The van der Waals surface area contributed by atoms with Gasteiger partial charge in [-0.25, -0.2) is 0 Å². The van der Waals surface area contributed by atoms with E-state index in [0.29, 0.717) is 0 Å². The van der Waals surface area contributed by atoms with Crippen molar-refractivity contribution >= 4 is 0 Å². The lowest BCUT2D eigenvalue weighted by Crippen LogP contribution is -2.58. The number of nitrogens with zero attached hydrogens (tertiary/aromatic N) is 1. The van der Waals surface area contributed by atoms with E-state index in [1.54, 1.807) is 7.05 Å². The zero-order valence-corrected chi connectivity index (χ0v) is 7.25. The number of ether oxygens (including phenoxy) is 1. The van der Waals surface area contributed by atoms with Crippen molar-refractivity contribution < 1.29 is 24.9 Å². The van der Waals surface area contributed by atoms with E-state index in [2.05, 4.69) is 0 Å². The Morgan fingerprint density at radius 1 is 1.54 bits per heavy atom. The summed E-state index contributed by atoms with van der Waals surface area (Å²) in [5.74, 6) is 0. The summed E-state index contributed by atoms with van der Waals surface area (Å²) in [5, 5.41) is 29.5. The number of aliphatic hydroxyl groups excluding tert-OH is 3. The Bertz CT molecular complexity index is 209. The molecule has 3 N–H and O–H groups in total. The predicted molar refractivity (Wildman–Crippen MR) is 40.4 cm³/mol. The van der Waals surface area contributed by atoms with Gasteiger partial charge in [0.05, 0.1) is 13.2 Å². The first kappa shape index (κ1) is 9.32. The van der Waals surface area contributed by atoms with Gasteiger partial charge in [-0.05, 0) is 0 Å². The Hall–Kier alpha value is -0.240. The van der Waals surface area contributed by atoms with E-state index in [4.69, 9.17) is 14.7 Å². The molecule has 0 saturated carbocycles. The van der Waals surface area contributed by atoms with Crippen molar-refractivity contribution in [3.05, 3.63) is 0 Å². The molecule has 76 valence electrons. The van der Waals surface area contributed by atoms with E-state index in [1.165, 1.54) is 5.06 Å². The third-order valence-electron chi connectivity index (χ3n) is 2.55. The fourth-order valence-corrected chi connectivity index (χ4v) is 1.88. The number of hydrogen-bond acceptors (Lipinski definition) is 6. The van der Waals surface area contributed by atoms with E-state index in [9.17, 15) is 10.2 Å². The van der Waals surface area contributed by atoms with Crippen molar-refractivity contribution in [2.75, 3.05) is 20.2 Å². The van der Waals surface area contributed by atoms with Gasteiger partial charge >= 0.3 is 0 Å². The molecule has 0 aromatic rings. The molecular weight excluding hydrogens is 178 g/mol. The second kappa shape index (κ2) is 2.88. The standard InChI is InChI=1S/C7H13NO5/c1-8-2-7(3-9)5(10)4(13-8)6(11)12-7/h4-6,9-11H,2-3H2,1H3/t4?,5?,6?,7-/m1/s1. The quantitative estimate of drug-likeness (QED) is 0.431. The highest BCUT2D eigenvalue weighted by molar-refractivity contribution is 5.03. The molecule has 6 heteroatoms. The molecule has 0 aromatic carbocycles. The van der Waals surface area contributed by atoms with Gasteiger partial charge in [0.25, 0.3) is 0 Å². The Morgan fingerprint density at radius 3 is 2.85 bits per heavy atom. The minimum absolute atomic E-state index is 0.234. The number of hydroxylamine groups is 2.